The molecule has 0 bridgehead atoms. The maximum Gasteiger partial charge on any atom is 0.306 e. The highest BCUT2D eigenvalue weighted by atomic mass is 32.2. The van der Waals surface area contributed by atoms with Gasteiger partial charge < -0.3 is 9.47 Å². The van der Waals surface area contributed by atoms with Crippen molar-refractivity contribution in [2.24, 2.45) is 0 Å². The van der Waals surface area contributed by atoms with Crippen LogP contribution in [-0.2, 0) is 19.4 Å². The third-order valence-corrected chi connectivity index (χ3v) is 3.99. The normalized spacial score (nSPS) is 11.0. The van der Waals surface area contributed by atoms with Crippen molar-refractivity contribution in [2.75, 3.05) is 19.5 Å². The standard InChI is InChI=1S/C12H16O5S/c1-3-17-12(13)7-8-18(14,15)11-6-4-5-10(9-11)16-2/h4-6,9H,3,7-8H2,1-2H3. The molecule has 100 valence electrons. The molecule has 0 saturated heterocycles. The van der Waals surface area contributed by atoms with Crippen molar-refractivity contribution >= 4 is 15.8 Å². The van der Waals surface area contributed by atoms with Gasteiger partial charge in [0.2, 0.25) is 0 Å². The summed E-state index contributed by atoms with van der Waals surface area (Å²) in [4.78, 5) is 11.3. The minimum atomic E-state index is -3.49. The summed E-state index contributed by atoms with van der Waals surface area (Å²) in [5.41, 5.74) is 0. The second kappa shape index (κ2) is 6.39. The molecule has 1 aromatic rings. The first-order valence-corrected chi connectivity index (χ1v) is 7.17. The van der Waals surface area contributed by atoms with Crippen LogP contribution in [0.25, 0.3) is 0 Å². The maximum absolute atomic E-state index is 11.9. The molecule has 0 atom stereocenters. The molecule has 0 aromatic heterocycles. The van der Waals surface area contributed by atoms with Crippen LogP contribution >= 0.6 is 0 Å². The van der Waals surface area contributed by atoms with Crippen molar-refractivity contribution in [3.05, 3.63) is 24.3 Å². The summed E-state index contributed by atoms with van der Waals surface area (Å²) < 4.78 is 33.5. The Morgan fingerprint density at radius 3 is 2.67 bits per heavy atom. The molecular weight excluding hydrogens is 256 g/mol. The van der Waals surface area contributed by atoms with Crippen LogP contribution in [0.4, 0.5) is 0 Å². The van der Waals surface area contributed by atoms with E-state index in [-0.39, 0.29) is 23.7 Å². The predicted molar refractivity (Wildman–Crippen MR) is 66.3 cm³/mol. The van der Waals surface area contributed by atoms with Gasteiger partial charge in [-0.3, -0.25) is 4.79 Å². The average molecular weight is 272 g/mol. The van der Waals surface area contributed by atoms with E-state index < -0.39 is 15.8 Å². The number of benzene rings is 1. The van der Waals surface area contributed by atoms with Crippen molar-refractivity contribution in [3.8, 4) is 5.75 Å². The van der Waals surface area contributed by atoms with Gasteiger partial charge in [0.1, 0.15) is 5.75 Å². The first kappa shape index (κ1) is 14.5. The van der Waals surface area contributed by atoms with E-state index in [2.05, 4.69) is 4.74 Å². The highest BCUT2D eigenvalue weighted by molar-refractivity contribution is 7.91. The molecule has 0 unspecified atom stereocenters. The first-order chi connectivity index (χ1) is 8.49. The second-order valence-electron chi connectivity index (χ2n) is 3.55. The van der Waals surface area contributed by atoms with E-state index in [0.29, 0.717) is 5.75 Å². The highest BCUT2D eigenvalue weighted by Crippen LogP contribution is 2.18. The van der Waals surface area contributed by atoms with E-state index in [1.165, 1.54) is 19.2 Å². The lowest BCUT2D eigenvalue weighted by molar-refractivity contribution is -0.142. The Hall–Kier alpha value is -1.56. The fraction of sp³-hybridized carbons (Fsp3) is 0.417. The molecule has 18 heavy (non-hydrogen) atoms. The van der Waals surface area contributed by atoms with Crippen LogP contribution in [-0.4, -0.2) is 33.9 Å². The Morgan fingerprint density at radius 2 is 2.06 bits per heavy atom. The number of esters is 1. The van der Waals surface area contributed by atoms with Crippen LogP contribution < -0.4 is 4.74 Å². The van der Waals surface area contributed by atoms with E-state index in [1.54, 1.807) is 19.1 Å². The number of hydrogen-bond donors (Lipinski definition) is 0. The van der Waals surface area contributed by atoms with E-state index >= 15 is 0 Å². The van der Waals surface area contributed by atoms with Crippen LogP contribution in [0.1, 0.15) is 13.3 Å². The molecule has 0 aliphatic carbocycles. The number of hydrogen-bond acceptors (Lipinski definition) is 5. The average Bonchev–Trinajstić information content (AvgIpc) is 2.37. The van der Waals surface area contributed by atoms with Gasteiger partial charge in [-0.15, -0.1) is 0 Å². The van der Waals surface area contributed by atoms with Crippen molar-refractivity contribution in [1.82, 2.24) is 0 Å². The van der Waals surface area contributed by atoms with Gasteiger partial charge in [-0.1, -0.05) is 6.07 Å². The lowest BCUT2D eigenvalue weighted by atomic mass is 10.3. The minimum absolute atomic E-state index is 0.145. The fourth-order valence-electron chi connectivity index (χ4n) is 1.36. The van der Waals surface area contributed by atoms with Gasteiger partial charge in [-0.25, -0.2) is 8.42 Å². The Kier molecular flexibility index (Phi) is 5.15. The summed E-state index contributed by atoms with van der Waals surface area (Å²) in [5, 5.41) is 0. The monoisotopic (exact) mass is 272 g/mol. The molecule has 0 spiro atoms. The molecule has 0 aliphatic heterocycles. The molecule has 1 aromatic carbocycles. The van der Waals surface area contributed by atoms with Crippen LogP contribution in [0, 0.1) is 0 Å². The Bertz CT molecular complexity index is 507. The summed E-state index contributed by atoms with van der Waals surface area (Å²) in [6.45, 7) is 1.92. The summed E-state index contributed by atoms with van der Waals surface area (Å²) in [6.07, 6.45) is -0.145. The minimum Gasteiger partial charge on any atom is -0.497 e. The van der Waals surface area contributed by atoms with Crippen molar-refractivity contribution in [1.29, 1.82) is 0 Å². The third kappa shape index (κ3) is 4.03. The lowest BCUT2D eigenvalue weighted by Crippen LogP contribution is -2.13. The lowest BCUT2D eigenvalue weighted by Gasteiger charge is -2.06. The Morgan fingerprint density at radius 1 is 1.33 bits per heavy atom. The summed E-state index contributed by atoms with van der Waals surface area (Å²) in [5.74, 6) is -0.310. The van der Waals surface area contributed by atoms with Gasteiger partial charge in [0.25, 0.3) is 0 Å². The largest absolute Gasteiger partial charge is 0.497 e. The molecule has 5 nitrogen and oxygen atoms in total. The quantitative estimate of drug-likeness (QED) is 0.732. The molecule has 0 radical (unpaired) electrons. The Labute approximate surface area is 107 Å². The van der Waals surface area contributed by atoms with E-state index in [9.17, 15) is 13.2 Å². The number of methoxy groups -OCH3 is 1. The van der Waals surface area contributed by atoms with Crippen molar-refractivity contribution in [2.45, 2.75) is 18.2 Å². The summed E-state index contributed by atoms with van der Waals surface area (Å²) in [7, 11) is -2.02. The van der Waals surface area contributed by atoms with Crippen LogP contribution in [0.2, 0.25) is 0 Å². The topological polar surface area (TPSA) is 69.7 Å². The zero-order valence-corrected chi connectivity index (χ0v) is 11.2. The molecule has 0 amide bonds. The van der Waals surface area contributed by atoms with Gasteiger partial charge in [-0.2, -0.15) is 0 Å². The molecule has 0 N–H and O–H groups in total. The van der Waals surface area contributed by atoms with Crippen LogP contribution in [0.3, 0.4) is 0 Å². The summed E-state index contributed by atoms with van der Waals surface area (Å²) >= 11 is 0. The highest BCUT2D eigenvalue weighted by Gasteiger charge is 2.17. The third-order valence-electron chi connectivity index (χ3n) is 2.28. The first-order valence-electron chi connectivity index (χ1n) is 5.52. The van der Waals surface area contributed by atoms with Gasteiger partial charge in [-0.05, 0) is 25.1 Å². The van der Waals surface area contributed by atoms with Crippen LogP contribution in [0.5, 0.6) is 5.75 Å². The number of carbonyl (C=O) groups is 1. The molecule has 0 aliphatic rings. The van der Waals surface area contributed by atoms with Crippen molar-refractivity contribution in [3.63, 3.8) is 0 Å². The molecular formula is C12H16O5S. The fourth-order valence-corrected chi connectivity index (χ4v) is 2.62. The van der Waals surface area contributed by atoms with Gasteiger partial charge in [0.15, 0.2) is 9.84 Å². The van der Waals surface area contributed by atoms with E-state index in [1.807, 2.05) is 0 Å². The number of rotatable bonds is 6. The zero-order chi connectivity index (χ0) is 13.6. The van der Waals surface area contributed by atoms with Crippen molar-refractivity contribution < 1.29 is 22.7 Å². The maximum atomic E-state index is 11.9. The number of carbonyl (C=O) groups excluding carboxylic acids is 1. The molecule has 1 rings (SSSR count). The second-order valence-corrected chi connectivity index (χ2v) is 5.66. The summed E-state index contributed by atoms with van der Waals surface area (Å²) in [6, 6.07) is 6.16. The van der Waals surface area contributed by atoms with Gasteiger partial charge in [0.05, 0.1) is 30.8 Å². The number of sulfone groups is 1. The Balaban J connectivity index is 2.76. The molecule has 0 heterocycles. The van der Waals surface area contributed by atoms with E-state index in [0.717, 1.165) is 0 Å². The molecule has 0 saturated carbocycles. The number of ether oxygens (including phenoxy) is 2. The van der Waals surface area contributed by atoms with Gasteiger partial charge >= 0.3 is 5.97 Å². The predicted octanol–water partition coefficient (Wildman–Crippen LogP) is 1.42. The van der Waals surface area contributed by atoms with Gasteiger partial charge in [0, 0.05) is 0 Å². The smallest absolute Gasteiger partial charge is 0.306 e. The molecule has 6 heteroatoms. The van der Waals surface area contributed by atoms with E-state index in [4.69, 9.17) is 4.74 Å². The SMILES string of the molecule is CCOC(=O)CCS(=O)(=O)c1cccc(OC)c1. The molecule has 0 fully saturated rings. The zero-order valence-electron chi connectivity index (χ0n) is 10.4. The van der Waals surface area contributed by atoms with Crippen LogP contribution in [0.15, 0.2) is 29.2 Å².